The fourth-order valence-electron chi connectivity index (χ4n) is 4.27. The predicted molar refractivity (Wildman–Crippen MR) is 137 cm³/mol. The Balaban J connectivity index is 1.56. The van der Waals surface area contributed by atoms with Crippen molar-refractivity contribution in [3.63, 3.8) is 0 Å². The maximum absolute atomic E-state index is 13.2. The molecule has 0 radical (unpaired) electrons. The van der Waals surface area contributed by atoms with E-state index in [1.54, 1.807) is 12.1 Å². The molecule has 1 aromatic heterocycles. The first-order valence-corrected chi connectivity index (χ1v) is 11.6. The predicted octanol–water partition coefficient (Wildman–Crippen LogP) is 5.63. The fraction of sp³-hybridized carbons (Fsp3) is 0.100. The quantitative estimate of drug-likeness (QED) is 0.306. The number of fused-ring (bicyclic) bond motifs is 1. The van der Waals surface area contributed by atoms with Gasteiger partial charge in [-0.2, -0.15) is 0 Å². The van der Waals surface area contributed by atoms with E-state index in [-0.39, 0.29) is 18.2 Å². The Kier molecular flexibility index (Phi) is 6.48. The van der Waals surface area contributed by atoms with Crippen LogP contribution in [-0.2, 0) is 13.0 Å². The van der Waals surface area contributed by atoms with Gasteiger partial charge in [0.1, 0.15) is 5.82 Å². The molecule has 1 heterocycles. The molecule has 5 aromatic rings. The van der Waals surface area contributed by atoms with Gasteiger partial charge in [-0.05, 0) is 36.2 Å². The smallest absolute Gasteiger partial charge is 0.251 e. The monoisotopic (exact) mass is 459 g/mol. The van der Waals surface area contributed by atoms with Crippen LogP contribution in [-0.4, -0.2) is 21.2 Å². The Labute approximate surface area is 204 Å². The van der Waals surface area contributed by atoms with Crippen LogP contribution in [0.15, 0.2) is 115 Å². The lowest BCUT2D eigenvalue weighted by Crippen LogP contribution is -2.32. The molecule has 5 rings (SSSR count). The van der Waals surface area contributed by atoms with Crippen molar-refractivity contribution in [3.8, 4) is 0 Å². The number of hydrogen-bond donors (Lipinski definition) is 1. The van der Waals surface area contributed by atoms with Crippen LogP contribution in [0.2, 0.25) is 0 Å². The van der Waals surface area contributed by atoms with Gasteiger partial charge in [0.25, 0.3) is 5.91 Å². The number of Topliss-reactive ketones (excluding diaryl/α,β-unsaturated/α-hetero) is 1. The van der Waals surface area contributed by atoms with E-state index >= 15 is 0 Å². The molecule has 172 valence electrons. The van der Waals surface area contributed by atoms with Crippen LogP contribution in [0.25, 0.3) is 11.0 Å². The number of carbonyl (C=O) groups is 2. The van der Waals surface area contributed by atoms with Gasteiger partial charge in [-0.3, -0.25) is 9.59 Å². The lowest BCUT2D eigenvalue weighted by atomic mass is 10.0. The third-order valence-electron chi connectivity index (χ3n) is 6.02. The second-order valence-corrected chi connectivity index (χ2v) is 8.42. The van der Waals surface area contributed by atoms with Crippen LogP contribution >= 0.6 is 0 Å². The summed E-state index contributed by atoms with van der Waals surface area (Å²) in [4.78, 5) is 31.3. The Morgan fingerprint density at radius 3 is 1.97 bits per heavy atom. The van der Waals surface area contributed by atoms with E-state index in [9.17, 15) is 9.59 Å². The highest BCUT2D eigenvalue weighted by molar-refractivity contribution is 5.97. The van der Waals surface area contributed by atoms with Crippen molar-refractivity contribution in [3.05, 3.63) is 138 Å². The molecule has 0 spiro atoms. The number of rotatable bonds is 8. The molecular formula is C30H25N3O2. The SMILES string of the molecule is O=C(Cn1c([C@@H](Cc2ccccc2)NC(=O)c2ccccc2)nc2ccccc21)c1ccccc1. The van der Waals surface area contributed by atoms with Crippen molar-refractivity contribution >= 4 is 22.7 Å². The van der Waals surface area contributed by atoms with Crippen LogP contribution in [0.5, 0.6) is 0 Å². The Morgan fingerprint density at radius 1 is 0.714 bits per heavy atom. The molecule has 0 saturated heterocycles. The van der Waals surface area contributed by atoms with E-state index in [4.69, 9.17) is 4.98 Å². The van der Waals surface area contributed by atoms with Crippen LogP contribution in [0.3, 0.4) is 0 Å². The molecule has 0 bridgehead atoms. The number of nitrogens with one attached hydrogen (secondary N) is 1. The first-order valence-electron chi connectivity index (χ1n) is 11.6. The van der Waals surface area contributed by atoms with Crippen molar-refractivity contribution in [1.29, 1.82) is 0 Å². The summed E-state index contributed by atoms with van der Waals surface area (Å²) in [5.41, 5.74) is 3.94. The number of hydrogen-bond acceptors (Lipinski definition) is 3. The number of benzene rings is 4. The number of imidazole rings is 1. The van der Waals surface area contributed by atoms with Crippen molar-refractivity contribution in [2.45, 2.75) is 19.0 Å². The molecule has 5 heteroatoms. The third kappa shape index (κ3) is 5.04. The summed E-state index contributed by atoms with van der Waals surface area (Å²) in [5.74, 6) is 0.464. The van der Waals surface area contributed by atoms with Crippen LogP contribution in [0, 0.1) is 0 Å². The first-order chi connectivity index (χ1) is 17.2. The minimum absolute atomic E-state index is 0.0112. The van der Waals surface area contributed by atoms with Crippen LogP contribution in [0.4, 0.5) is 0 Å². The Bertz CT molecular complexity index is 1440. The van der Waals surface area contributed by atoms with Gasteiger partial charge in [-0.15, -0.1) is 0 Å². The number of nitrogens with zero attached hydrogens (tertiary/aromatic N) is 2. The molecule has 0 aliphatic carbocycles. The molecule has 0 aliphatic rings. The van der Waals surface area contributed by atoms with E-state index in [0.29, 0.717) is 23.4 Å². The average molecular weight is 460 g/mol. The molecule has 1 atom stereocenters. The van der Waals surface area contributed by atoms with Crippen molar-refractivity contribution in [2.75, 3.05) is 0 Å². The molecule has 0 saturated carbocycles. The van der Waals surface area contributed by atoms with Crippen LogP contribution in [0.1, 0.15) is 38.1 Å². The molecule has 5 nitrogen and oxygen atoms in total. The summed E-state index contributed by atoms with van der Waals surface area (Å²) >= 11 is 0. The number of amides is 1. The van der Waals surface area contributed by atoms with Crippen molar-refractivity contribution in [2.24, 2.45) is 0 Å². The standard InChI is InChI=1S/C30H25N3O2/c34-28(23-14-6-2-7-15-23)21-33-27-19-11-10-18-25(27)31-29(33)26(20-22-12-4-1-5-13-22)32-30(35)24-16-8-3-9-17-24/h1-19,26H,20-21H2,(H,32,35)/t26-/m1/s1. The number of carbonyl (C=O) groups excluding carboxylic acids is 2. The van der Waals surface area contributed by atoms with Gasteiger partial charge >= 0.3 is 0 Å². The zero-order valence-corrected chi connectivity index (χ0v) is 19.2. The summed E-state index contributed by atoms with van der Waals surface area (Å²) in [6.45, 7) is 0.131. The van der Waals surface area contributed by atoms with Gasteiger partial charge in [-0.1, -0.05) is 91.0 Å². The summed E-state index contributed by atoms with van der Waals surface area (Å²) in [6, 6.07) is 35.7. The number of aromatic nitrogens is 2. The Morgan fingerprint density at radius 2 is 1.29 bits per heavy atom. The Hall–Kier alpha value is -4.51. The van der Waals surface area contributed by atoms with E-state index in [1.165, 1.54) is 0 Å². The van der Waals surface area contributed by atoms with Gasteiger partial charge in [0.05, 0.1) is 23.6 Å². The van der Waals surface area contributed by atoms with Gasteiger partial charge in [0, 0.05) is 11.1 Å². The average Bonchev–Trinajstić information content (AvgIpc) is 3.28. The highest BCUT2D eigenvalue weighted by Crippen LogP contribution is 2.25. The maximum atomic E-state index is 13.2. The summed E-state index contributed by atoms with van der Waals surface area (Å²) in [7, 11) is 0. The summed E-state index contributed by atoms with van der Waals surface area (Å²) in [6.07, 6.45) is 0.544. The van der Waals surface area contributed by atoms with E-state index in [0.717, 1.165) is 16.6 Å². The highest BCUT2D eigenvalue weighted by atomic mass is 16.1. The number of para-hydroxylation sites is 2. The normalized spacial score (nSPS) is 11.8. The zero-order chi connectivity index (χ0) is 24.0. The largest absolute Gasteiger partial charge is 0.342 e. The topological polar surface area (TPSA) is 64.0 Å². The zero-order valence-electron chi connectivity index (χ0n) is 19.2. The minimum Gasteiger partial charge on any atom is -0.342 e. The molecule has 0 fully saturated rings. The molecule has 35 heavy (non-hydrogen) atoms. The highest BCUT2D eigenvalue weighted by Gasteiger charge is 2.24. The van der Waals surface area contributed by atoms with Crippen molar-refractivity contribution in [1.82, 2.24) is 14.9 Å². The van der Waals surface area contributed by atoms with E-state index in [2.05, 4.69) is 5.32 Å². The maximum Gasteiger partial charge on any atom is 0.251 e. The van der Waals surface area contributed by atoms with Crippen molar-refractivity contribution < 1.29 is 9.59 Å². The van der Waals surface area contributed by atoms with Gasteiger partial charge < -0.3 is 9.88 Å². The first kappa shape index (κ1) is 22.3. The molecule has 1 amide bonds. The lowest BCUT2D eigenvalue weighted by molar-refractivity contribution is 0.0934. The third-order valence-corrected chi connectivity index (χ3v) is 6.02. The minimum atomic E-state index is -0.430. The number of ketones is 1. The van der Waals surface area contributed by atoms with Crippen LogP contribution < -0.4 is 5.32 Å². The second-order valence-electron chi connectivity index (χ2n) is 8.42. The lowest BCUT2D eigenvalue weighted by Gasteiger charge is -2.20. The molecular weight excluding hydrogens is 434 g/mol. The second kappa shape index (κ2) is 10.2. The molecule has 0 unspecified atom stereocenters. The molecule has 1 N–H and O–H groups in total. The van der Waals surface area contributed by atoms with E-state index < -0.39 is 6.04 Å². The molecule has 4 aromatic carbocycles. The molecule has 0 aliphatic heterocycles. The van der Waals surface area contributed by atoms with Gasteiger partial charge in [0.15, 0.2) is 5.78 Å². The summed E-state index contributed by atoms with van der Waals surface area (Å²) in [5, 5.41) is 3.18. The summed E-state index contributed by atoms with van der Waals surface area (Å²) < 4.78 is 1.93. The van der Waals surface area contributed by atoms with E-state index in [1.807, 2.05) is 108 Å². The van der Waals surface area contributed by atoms with Gasteiger partial charge in [0.2, 0.25) is 0 Å². The fourth-order valence-corrected chi connectivity index (χ4v) is 4.27. The van der Waals surface area contributed by atoms with Gasteiger partial charge in [-0.25, -0.2) is 4.98 Å².